The second-order valence-corrected chi connectivity index (χ2v) is 7.96. The second-order valence-electron chi connectivity index (χ2n) is 6.10. The smallest absolute Gasteiger partial charge is 0.247 e. The number of amides is 1. The Kier molecular flexibility index (Phi) is 5.38. The molecule has 1 aromatic carbocycles. The molecule has 1 N–H and O–H groups in total. The molecule has 9 nitrogen and oxygen atoms in total. The molecule has 0 unspecified atom stereocenters. The fourth-order valence-corrected chi connectivity index (χ4v) is 4.83. The largest absolute Gasteiger partial charge is 0.497 e. The highest BCUT2D eigenvalue weighted by Gasteiger charge is 2.40. The van der Waals surface area contributed by atoms with Gasteiger partial charge in [0.2, 0.25) is 15.9 Å². The maximum Gasteiger partial charge on any atom is 0.247 e. The predicted octanol–water partition coefficient (Wildman–Crippen LogP) is 1.79. The van der Waals surface area contributed by atoms with Crippen LogP contribution in [0.3, 0.4) is 0 Å². The van der Waals surface area contributed by atoms with E-state index in [1.54, 1.807) is 19.1 Å². The van der Waals surface area contributed by atoms with E-state index in [9.17, 15) is 13.2 Å². The van der Waals surface area contributed by atoms with Gasteiger partial charge in [0.15, 0.2) is 5.82 Å². The Bertz CT molecular complexity index is 940. The van der Waals surface area contributed by atoms with Crippen LogP contribution < -0.4 is 14.8 Å². The molecule has 0 radical (unpaired) electrons. The number of nitrogens with zero attached hydrogens (tertiary/aromatic N) is 2. The summed E-state index contributed by atoms with van der Waals surface area (Å²) in [7, 11) is -1.07. The molecule has 1 atom stereocenters. The van der Waals surface area contributed by atoms with E-state index in [0.29, 0.717) is 24.4 Å². The zero-order valence-electron chi connectivity index (χ0n) is 15.3. The molecule has 10 heteroatoms. The first-order valence-corrected chi connectivity index (χ1v) is 9.79. The van der Waals surface area contributed by atoms with Gasteiger partial charge in [0.25, 0.3) is 0 Å². The predicted molar refractivity (Wildman–Crippen MR) is 96.3 cm³/mol. The van der Waals surface area contributed by atoms with Crippen LogP contribution in [0.15, 0.2) is 33.7 Å². The van der Waals surface area contributed by atoms with E-state index in [4.69, 9.17) is 14.0 Å². The van der Waals surface area contributed by atoms with Crippen molar-refractivity contribution in [2.24, 2.45) is 0 Å². The van der Waals surface area contributed by atoms with Crippen molar-refractivity contribution in [3.05, 3.63) is 30.0 Å². The van der Waals surface area contributed by atoms with Gasteiger partial charge in [0.05, 0.1) is 14.2 Å². The molecule has 0 bridgehead atoms. The maximum absolute atomic E-state index is 13.2. The molecule has 1 aliphatic rings. The van der Waals surface area contributed by atoms with Crippen molar-refractivity contribution < 1.29 is 27.2 Å². The van der Waals surface area contributed by atoms with Crippen LogP contribution in [0, 0.1) is 6.92 Å². The van der Waals surface area contributed by atoms with Crippen LogP contribution in [0.5, 0.6) is 11.5 Å². The molecule has 3 rings (SSSR count). The quantitative estimate of drug-likeness (QED) is 0.794. The summed E-state index contributed by atoms with van der Waals surface area (Å²) in [4.78, 5) is 12.6. The number of nitrogens with one attached hydrogen (secondary N) is 1. The normalized spacial score (nSPS) is 17.7. The maximum atomic E-state index is 13.2. The fourth-order valence-electron chi connectivity index (χ4n) is 3.04. The van der Waals surface area contributed by atoms with Crippen molar-refractivity contribution in [1.29, 1.82) is 0 Å². The molecule has 27 heavy (non-hydrogen) atoms. The van der Waals surface area contributed by atoms with Crippen molar-refractivity contribution in [2.75, 3.05) is 26.1 Å². The zero-order valence-corrected chi connectivity index (χ0v) is 16.1. The highest BCUT2D eigenvalue weighted by molar-refractivity contribution is 7.89. The Morgan fingerprint density at radius 1 is 1.30 bits per heavy atom. The van der Waals surface area contributed by atoms with Crippen molar-refractivity contribution in [2.45, 2.75) is 30.7 Å². The molecule has 2 aromatic rings. The number of anilines is 1. The Morgan fingerprint density at radius 3 is 2.70 bits per heavy atom. The van der Waals surface area contributed by atoms with E-state index < -0.39 is 22.0 Å². The van der Waals surface area contributed by atoms with E-state index in [2.05, 4.69) is 10.5 Å². The van der Waals surface area contributed by atoms with Gasteiger partial charge in [-0.1, -0.05) is 5.16 Å². The highest BCUT2D eigenvalue weighted by Crippen LogP contribution is 2.34. The number of hydrogen-bond donors (Lipinski definition) is 1. The van der Waals surface area contributed by atoms with Crippen LogP contribution in [-0.2, 0) is 14.8 Å². The SMILES string of the molecule is COc1ccc(S(=O)(=O)N2CCC[C@H]2C(=O)Nc2cc(C)on2)c(OC)c1. The summed E-state index contributed by atoms with van der Waals surface area (Å²) in [5.41, 5.74) is 0. The van der Waals surface area contributed by atoms with Crippen molar-refractivity contribution in [3.63, 3.8) is 0 Å². The molecule has 146 valence electrons. The average Bonchev–Trinajstić information content (AvgIpc) is 3.30. The third-order valence-electron chi connectivity index (χ3n) is 4.34. The molecular weight excluding hydrogens is 374 g/mol. The van der Waals surface area contributed by atoms with Crippen LogP contribution in [0.4, 0.5) is 5.82 Å². The number of rotatable bonds is 6. The highest BCUT2D eigenvalue weighted by atomic mass is 32.2. The first kappa shape index (κ1) is 19.2. The molecule has 1 fully saturated rings. The molecule has 0 aliphatic carbocycles. The summed E-state index contributed by atoms with van der Waals surface area (Å²) in [6.07, 6.45) is 0.994. The number of carbonyl (C=O) groups is 1. The summed E-state index contributed by atoms with van der Waals surface area (Å²) >= 11 is 0. The van der Waals surface area contributed by atoms with Crippen LogP contribution in [0.1, 0.15) is 18.6 Å². The second kappa shape index (κ2) is 7.57. The summed E-state index contributed by atoms with van der Waals surface area (Å²) in [5.74, 6) is 0.986. The third kappa shape index (κ3) is 3.76. The molecule has 1 aliphatic heterocycles. The monoisotopic (exact) mass is 395 g/mol. The number of hydrogen-bond acceptors (Lipinski definition) is 7. The number of ether oxygens (including phenoxy) is 2. The summed E-state index contributed by atoms with van der Waals surface area (Å²) in [6, 6.07) is 5.19. The number of aromatic nitrogens is 1. The van der Waals surface area contributed by atoms with Gasteiger partial charge in [0.1, 0.15) is 28.2 Å². The van der Waals surface area contributed by atoms with Crippen LogP contribution in [0.2, 0.25) is 0 Å². The lowest BCUT2D eigenvalue weighted by Gasteiger charge is -2.24. The van der Waals surface area contributed by atoms with Crippen molar-refractivity contribution in [1.82, 2.24) is 9.46 Å². The Hall–Kier alpha value is -2.59. The Morgan fingerprint density at radius 2 is 2.07 bits per heavy atom. The summed E-state index contributed by atoms with van der Waals surface area (Å²) < 4.78 is 42.8. The minimum atomic E-state index is -3.94. The Balaban J connectivity index is 1.88. The van der Waals surface area contributed by atoms with E-state index in [-0.39, 0.29) is 23.0 Å². The number of sulfonamides is 1. The minimum absolute atomic E-state index is 0.0113. The first-order valence-electron chi connectivity index (χ1n) is 8.35. The van der Waals surface area contributed by atoms with Gasteiger partial charge in [-0.05, 0) is 31.9 Å². The molecule has 1 aromatic heterocycles. The van der Waals surface area contributed by atoms with Gasteiger partial charge >= 0.3 is 0 Å². The number of methoxy groups -OCH3 is 2. The van der Waals surface area contributed by atoms with Crippen LogP contribution in [0.25, 0.3) is 0 Å². The molecule has 0 saturated carbocycles. The standard InChI is InChI=1S/C17H21N3O6S/c1-11-9-16(19-26-11)18-17(21)13-5-4-8-20(13)27(22,23)15-7-6-12(24-2)10-14(15)25-3/h6-7,9-10,13H,4-5,8H2,1-3H3,(H,18,19,21)/t13-/m0/s1. The van der Waals surface area contributed by atoms with Crippen molar-refractivity contribution >= 4 is 21.7 Å². The summed E-state index contributed by atoms with van der Waals surface area (Å²) in [6.45, 7) is 1.94. The van der Waals surface area contributed by atoms with Gasteiger partial charge in [-0.15, -0.1) is 0 Å². The Labute approximate surface area is 157 Å². The van der Waals surface area contributed by atoms with E-state index in [1.165, 1.54) is 30.7 Å². The van der Waals surface area contributed by atoms with Gasteiger partial charge in [0, 0.05) is 18.7 Å². The van der Waals surface area contributed by atoms with Gasteiger partial charge in [-0.3, -0.25) is 4.79 Å². The minimum Gasteiger partial charge on any atom is -0.497 e. The number of benzene rings is 1. The van der Waals surface area contributed by atoms with Gasteiger partial charge < -0.3 is 19.3 Å². The summed E-state index contributed by atoms with van der Waals surface area (Å²) in [5, 5.41) is 6.31. The fraction of sp³-hybridized carbons (Fsp3) is 0.412. The molecule has 1 saturated heterocycles. The molecular formula is C17H21N3O6S. The van der Waals surface area contributed by atoms with E-state index in [0.717, 1.165) is 0 Å². The number of aryl methyl sites for hydroxylation is 1. The lowest BCUT2D eigenvalue weighted by atomic mass is 10.2. The zero-order chi connectivity index (χ0) is 19.6. The average molecular weight is 395 g/mol. The van der Waals surface area contributed by atoms with E-state index in [1.807, 2.05) is 0 Å². The lowest BCUT2D eigenvalue weighted by Crippen LogP contribution is -2.43. The molecule has 1 amide bonds. The third-order valence-corrected chi connectivity index (χ3v) is 6.29. The topological polar surface area (TPSA) is 111 Å². The van der Waals surface area contributed by atoms with Gasteiger partial charge in [-0.25, -0.2) is 8.42 Å². The van der Waals surface area contributed by atoms with E-state index >= 15 is 0 Å². The van der Waals surface area contributed by atoms with Crippen LogP contribution in [-0.4, -0.2) is 50.6 Å². The van der Waals surface area contributed by atoms with Crippen LogP contribution >= 0.6 is 0 Å². The van der Waals surface area contributed by atoms with Gasteiger partial charge in [-0.2, -0.15) is 4.31 Å². The molecule has 0 spiro atoms. The lowest BCUT2D eigenvalue weighted by molar-refractivity contribution is -0.119. The number of carbonyl (C=O) groups excluding carboxylic acids is 1. The molecule has 2 heterocycles. The van der Waals surface area contributed by atoms with Crippen molar-refractivity contribution in [3.8, 4) is 11.5 Å². The first-order chi connectivity index (χ1) is 12.9.